The summed E-state index contributed by atoms with van der Waals surface area (Å²) in [5.41, 5.74) is 0.676. The zero-order chi connectivity index (χ0) is 12.4. The summed E-state index contributed by atoms with van der Waals surface area (Å²) in [5.74, 6) is 0. The molecular formula is C11H19Cl2NO. The number of halogens is 2. The van der Waals surface area contributed by atoms with Crippen LogP contribution >= 0.6 is 23.2 Å². The Morgan fingerprint density at radius 3 is 1.67 bits per heavy atom. The van der Waals surface area contributed by atoms with Crippen molar-refractivity contribution in [2.24, 2.45) is 0 Å². The van der Waals surface area contributed by atoms with Gasteiger partial charge in [0.2, 0.25) is 0 Å². The summed E-state index contributed by atoms with van der Waals surface area (Å²) in [7, 11) is 0. The minimum atomic E-state index is -0.562. The van der Waals surface area contributed by atoms with Gasteiger partial charge >= 0.3 is 0 Å². The Hall–Kier alpha value is -0.310. The fourth-order valence-corrected chi connectivity index (χ4v) is 1.20. The van der Waals surface area contributed by atoms with Gasteiger partial charge in [-0.15, -0.1) is 0 Å². The van der Waals surface area contributed by atoms with E-state index in [1.54, 1.807) is 19.1 Å². The van der Waals surface area contributed by atoms with Crippen molar-refractivity contribution < 1.29 is 5.11 Å². The largest absolute Gasteiger partial charge is 0.389 e. The van der Waals surface area contributed by atoms with E-state index in [-0.39, 0.29) is 0 Å². The Morgan fingerprint density at radius 2 is 1.40 bits per heavy atom. The number of aromatic nitrogens is 1. The smallest absolute Gasteiger partial charge is 0.131 e. The average molecular weight is 252 g/mol. The van der Waals surface area contributed by atoms with Crippen molar-refractivity contribution in [3.05, 3.63) is 28.0 Å². The van der Waals surface area contributed by atoms with Crippen LogP contribution in [-0.4, -0.2) is 10.1 Å². The van der Waals surface area contributed by atoms with Crippen LogP contribution in [-0.2, 0) is 0 Å². The maximum Gasteiger partial charge on any atom is 0.131 e. The first-order valence-corrected chi connectivity index (χ1v) is 5.86. The van der Waals surface area contributed by atoms with E-state index < -0.39 is 6.10 Å². The highest BCUT2D eigenvalue weighted by Crippen LogP contribution is 2.19. The Kier molecular flexibility index (Phi) is 11.6. The number of hydrogen-bond donors (Lipinski definition) is 1. The molecule has 1 aromatic rings. The van der Waals surface area contributed by atoms with E-state index in [1.807, 2.05) is 27.7 Å². The number of rotatable bonds is 1. The maximum atomic E-state index is 9.13. The van der Waals surface area contributed by atoms with Gasteiger partial charge in [0.05, 0.1) is 6.10 Å². The first-order chi connectivity index (χ1) is 7.09. The van der Waals surface area contributed by atoms with Crippen LogP contribution in [0.15, 0.2) is 12.1 Å². The molecule has 0 radical (unpaired) electrons. The van der Waals surface area contributed by atoms with Crippen molar-refractivity contribution in [3.8, 4) is 0 Å². The van der Waals surface area contributed by atoms with E-state index in [2.05, 4.69) is 4.98 Å². The predicted octanol–water partition coefficient (Wildman–Crippen LogP) is 4.49. The van der Waals surface area contributed by atoms with E-state index in [0.717, 1.165) is 0 Å². The molecule has 0 aliphatic rings. The van der Waals surface area contributed by atoms with Crippen LogP contribution in [0.25, 0.3) is 0 Å². The first-order valence-electron chi connectivity index (χ1n) is 5.10. The van der Waals surface area contributed by atoms with Gasteiger partial charge in [-0.1, -0.05) is 50.9 Å². The molecule has 1 rings (SSSR count). The summed E-state index contributed by atoms with van der Waals surface area (Å²) in [6, 6.07) is 3.16. The molecule has 88 valence electrons. The molecule has 0 bridgehead atoms. The predicted molar refractivity (Wildman–Crippen MR) is 67.6 cm³/mol. The summed E-state index contributed by atoms with van der Waals surface area (Å²) in [6.45, 7) is 9.64. The molecule has 1 heterocycles. The van der Waals surface area contributed by atoms with Gasteiger partial charge in [0, 0.05) is 0 Å². The van der Waals surface area contributed by atoms with Crippen LogP contribution in [0.3, 0.4) is 0 Å². The second-order valence-electron chi connectivity index (χ2n) is 2.22. The lowest BCUT2D eigenvalue weighted by Gasteiger charge is -2.04. The lowest BCUT2D eigenvalue weighted by molar-refractivity contribution is 0.199. The third kappa shape index (κ3) is 7.60. The normalized spacial score (nSPS) is 10.4. The quantitative estimate of drug-likeness (QED) is 0.747. The zero-order valence-electron chi connectivity index (χ0n) is 9.88. The van der Waals surface area contributed by atoms with Gasteiger partial charge in [-0.25, -0.2) is 4.98 Å². The van der Waals surface area contributed by atoms with Crippen LogP contribution < -0.4 is 0 Å². The zero-order valence-corrected chi connectivity index (χ0v) is 11.4. The molecule has 0 spiro atoms. The molecule has 15 heavy (non-hydrogen) atoms. The Balaban J connectivity index is 0. The van der Waals surface area contributed by atoms with Gasteiger partial charge in [0.15, 0.2) is 0 Å². The number of aliphatic hydroxyl groups is 1. The van der Waals surface area contributed by atoms with E-state index in [4.69, 9.17) is 28.3 Å². The maximum absolute atomic E-state index is 9.13. The number of pyridine rings is 1. The van der Waals surface area contributed by atoms with Gasteiger partial charge in [-0.3, -0.25) is 0 Å². The van der Waals surface area contributed by atoms with Crippen molar-refractivity contribution in [2.75, 3.05) is 0 Å². The first kappa shape index (κ1) is 17.1. The fraction of sp³-hybridized carbons (Fsp3) is 0.545. The van der Waals surface area contributed by atoms with Gasteiger partial charge in [-0.05, 0) is 24.6 Å². The van der Waals surface area contributed by atoms with Crippen molar-refractivity contribution in [3.63, 3.8) is 0 Å². The molecule has 1 atom stereocenters. The van der Waals surface area contributed by atoms with Crippen LogP contribution in [0.4, 0.5) is 0 Å². The van der Waals surface area contributed by atoms with Crippen LogP contribution in [0.1, 0.15) is 46.3 Å². The Labute approximate surface area is 102 Å². The van der Waals surface area contributed by atoms with E-state index in [1.165, 1.54) is 0 Å². The second kappa shape index (κ2) is 10.2. The Morgan fingerprint density at radius 1 is 1.07 bits per heavy atom. The molecular weight excluding hydrogens is 233 g/mol. The SMILES string of the molecule is CC.CC.CC(O)c1cc(Cl)nc(Cl)c1. The van der Waals surface area contributed by atoms with E-state index >= 15 is 0 Å². The monoisotopic (exact) mass is 251 g/mol. The summed E-state index contributed by atoms with van der Waals surface area (Å²) in [5, 5.41) is 9.73. The van der Waals surface area contributed by atoms with E-state index in [0.29, 0.717) is 15.9 Å². The molecule has 1 unspecified atom stereocenters. The standard InChI is InChI=1S/C7H7Cl2NO.2C2H6/c1-4(11)5-2-6(8)10-7(9)3-5;2*1-2/h2-4,11H,1H3;2*1-2H3. The molecule has 0 saturated heterocycles. The highest BCUT2D eigenvalue weighted by Gasteiger charge is 2.03. The van der Waals surface area contributed by atoms with Crippen LogP contribution in [0.5, 0.6) is 0 Å². The minimum Gasteiger partial charge on any atom is -0.389 e. The average Bonchev–Trinajstić information content (AvgIpc) is 2.22. The third-order valence-electron chi connectivity index (χ3n) is 1.27. The topological polar surface area (TPSA) is 33.1 Å². The van der Waals surface area contributed by atoms with Gasteiger partial charge in [0.1, 0.15) is 10.3 Å². The van der Waals surface area contributed by atoms with Crippen LogP contribution in [0.2, 0.25) is 10.3 Å². The molecule has 1 aromatic heterocycles. The molecule has 0 fully saturated rings. The lowest BCUT2D eigenvalue weighted by Crippen LogP contribution is -1.91. The van der Waals surface area contributed by atoms with Crippen molar-refractivity contribution in [1.82, 2.24) is 4.98 Å². The molecule has 1 N–H and O–H groups in total. The van der Waals surface area contributed by atoms with Gasteiger partial charge in [-0.2, -0.15) is 0 Å². The van der Waals surface area contributed by atoms with E-state index in [9.17, 15) is 0 Å². The minimum absolute atomic E-state index is 0.299. The highest BCUT2D eigenvalue weighted by atomic mass is 35.5. The second-order valence-corrected chi connectivity index (χ2v) is 3.00. The van der Waals surface area contributed by atoms with Gasteiger partial charge in [0.25, 0.3) is 0 Å². The summed E-state index contributed by atoms with van der Waals surface area (Å²) >= 11 is 11.2. The lowest BCUT2D eigenvalue weighted by atomic mass is 10.2. The number of aliphatic hydroxyl groups excluding tert-OH is 1. The van der Waals surface area contributed by atoms with Gasteiger partial charge < -0.3 is 5.11 Å². The fourth-order valence-electron chi connectivity index (χ4n) is 0.725. The summed E-state index contributed by atoms with van der Waals surface area (Å²) in [4.78, 5) is 3.74. The molecule has 4 heteroatoms. The molecule has 0 aliphatic carbocycles. The number of nitrogens with zero attached hydrogens (tertiary/aromatic N) is 1. The molecule has 0 amide bonds. The van der Waals surface area contributed by atoms with Crippen molar-refractivity contribution in [1.29, 1.82) is 0 Å². The number of hydrogen-bond acceptors (Lipinski definition) is 2. The summed E-state index contributed by atoms with van der Waals surface area (Å²) in [6.07, 6.45) is -0.562. The molecule has 0 aromatic carbocycles. The third-order valence-corrected chi connectivity index (χ3v) is 1.65. The van der Waals surface area contributed by atoms with Crippen molar-refractivity contribution >= 4 is 23.2 Å². The molecule has 2 nitrogen and oxygen atoms in total. The summed E-state index contributed by atoms with van der Waals surface area (Å²) < 4.78 is 0. The Bertz CT molecular complexity index is 245. The highest BCUT2D eigenvalue weighted by molar-refractivity contribution is 6.32. The molecule has 0 saturated carbocycles. The van der Waals surface area contributed by atoms with Crippen LogP contribution in [0, 0.1) is 0 Å². The van der Waals surface area contributed by atoms with Crippen molar-refractivity contribution in [2.45, 2.75) is 40.7 Å². The molecule has 0 aliphatic heterocycles.